The topological polar surface area (TPSA) is 167 Å². The van der Waals surface area contributed by atoms with E-state index in [1.807, 2.05) is 0 Å². The van der Waals surface area contributed by atoms with Crippen LogP contribution in [0.25, 0.3) is 5.69 Å². The van der Waals surface area contributed by atoms with E-state index in [1.54, 1.807) is 11.9 Å². The molecule has 0 bridgehead atoms. The fourth-order valence-corrected chi connectivity index (χ4v) is 5.93. The van der Waals surface area contributed by atoms with E-state index in [4.69, 9.17) is 27.9 Å². The van der Waals surface area contributed by atoms with Crippen molar-refractivity contribution < 1.29 is 36.1 Å². The maximum atomic E-state index is 13.1. The molecule has 1 saturated carbocycles. The zero-order chi connectivity index (χ0) is 28.2. The summed E-state index contributed by atoms with van der Waals surface area (Å²) in [5.41, 5.74) is -4.87. The second kappa shape index (κ2) is 9.72. The second-order valence-corrected chi connectivity index (χ2v) is 11.2. The van der Waals surface area contributed by atoms with E-state index in [9.17, 15) is 37.0 Å². The first-order chi connectivity index (χ1) is 17.6. The van der Waals surface area contributed by atoms with Gasteiger partial charge in [0.15, 0.2) is 27.6 Å². The van der Waals surface area contributed by atoms with Crippen LogP contribution in [0.3, 0.4) is 0 Å². The van der Waals surface area contributed by atoms with Gasteiger partial charge in [-0.05, 0) is 12.1 Å². The normalized spacial score (nSPS) is 19.3. The number of aromatic nitrogens is 4. The summed E-state index contributed by atoms with van der Waals surface area (Å²) in [4.78, 5) is 28.6. The van der Waals surface area contributed by atoms with Gasteiger partial charge in [-0.2, -0.15) is 18.2 Å². The van der Waals surface area contributed by atoms with Crippen LogP contribution in [0.5, 0.6) is 17.4 Å². The molecule has 38 heavy (non-hydrogen) atoms. The van der Waals surface area contributed by atoms with Crippen molar-refractivity contribution >= 4 is 39.9 Å². The number of pyridine rings is 1. The minimum absolute atomic E-state index is 0.147. The summed E-state index contributed by atoms with van der Waals surface area (Å²) in [6.07, 6.45) is -2.83. The minimum Gasteiger partial charge on any atom is -0.505 e. The first-order valence-corrected chi connectivity index (χ1v) is 12.8. The molecule has 0 amide bonds. The molecule has 0 unspecified atom stereocenters. The van der Waals surface area contributed by atoms with E-state index in [0.717, 1.165) is 28.4 Å². The molecule has 2 heterocycles. The van der Waals surface area contributed by atoms with Crippen LogP contribution in [0.15, 0.2) is 38.9 Å². The molecule has 202 valence electrons. The van der Waals surface area contributed by atoms with Crippen molar-refractivity contribution in [3.05, 3.63) is 61.0 Å². The predicted molar refractivity (Wildman–Crippen MR) is 130 cm³/mol. The lowest BCUT2D eigenvalue weighted by molar-refractivity contribution is -0.487. The summed E-state index contributed by atoms with van der Waals surface area (Å²) < 4.78 is 59.2. The number of benzene rings is 1. The number of nitrogens with zero attached hydrogens (tertiary/aromatic N) is 4. The van der Waals surface area contributed by atoms with Crippen molar-refractivity contribution in [2.24, 2.45) is 0 Å². The molecule has 0 saturated heterocycles. The summed E-state index contributed by atoms with van der Waals surface area (Å²) in [5, 5.41) is 22.6. The van der Waals surface area contributed by atoms with Gasteiger partial charge in [-0.1, -0.05) is 23.2 Å². The molecule has 12 nitrogen and oxygen atoms in total. The average Bonchev–Trinajstić information content (AvgIpc) is 2.80. The molecular weight excluding hydrogens is 575 g/mol. The van der Waals surface area contributed by atoms with Gasteiger partial charge in [0.1, 0.15) is 6.72 Å². The number of aliphatic hydroxyl groups is 1. The van der Waals surface area contributed by atoms with E-state index >= 15 is 0 Å². The lowest BCUT2D eigenvalue weighted by atomic mass is 9.76. The van der Waals surface area contributed by atoms with Crippen LogP contribution in [0.1, 0.15) is 31.9 Å². The minimum atomic E-state index is -4.37. The molecule has 3 aromatic rings. The molecule has 0 spiro atoms. The monoisotopic (exact) mass is 592 g/mol. The van der Waals surface area contributed by atoms with Crippen LogP contribution in [-0.2, 0) is 10.0 Å². The van der Waals surface area contributed by atoms with Crippen LogP contribution in [-0.4, -0.2) is 60.7 Å². The number of aliphatic hydroxyl groups excluding tert-OH is 1. The van der Waals surface area contributed by atoms with Gasteiger partial charge < -0.3 is 14.9 Å². The van der Waals surface area contributed by atoms with Gasteiger partial charge in [0.05, 0.1) is 28.0 Å². The lowest BCUT2D eigenvalue weighted by Gasteiger charge is -2.37. The Morgan fingerprint density at radius 3 is 2.42 bits per heavy atom. The van der Waals surface area contributed by atoms with Crippen molar-refractivity contribution in [1.29, 1.82) is 0 Å². The number of sulfonamides is 1. The Hall–Kier alpha value is -3.40. The fraction of sp³-hybridized carbons (Fsp3) is 0.286. The summed E-state index contributed by atoms with van der Waals surface area (Å²) in [6, 6.07) is 3.05. The molecule has 0 atom stereocenters. The zero-order valence-electron chi connectivity index (χ0n) is 19.2. The molecule has 2 aromatic heterocycles. The van der Waals surface area contributed by atoms with Gasteiger partial charge in [-0.3, -0.25) is 9.78 Å². The third-order valence-corrected chi connectivity index (χ3v) is 8.30. The Labute approximate surface area is 222 Å². The number of halogens is 4. The van der Waals surface area contributed by atoms with E-state index in [-0.39, 0.29) is 40.2 Å². The molecule has 1 aromatic carbocycles. The highest BCUT2D eigenvalue weighted by Gasteiger charge is 2.53. The molecule has 3 N–H and O–H groups in total. The van der Waals surface area contributed by atoms with Crippen molar-refractivity contribution in [2.45, 2.75) is 42.7 Å². The SMILES string of the molecule is C=[N+](C1(C)CC(O)C1)S(=O)(=O)c1cc(Oc2c(Cl)cc(-n3nc(C(F)F)c(=O)[nH]c3=O)cc2Cl)ncc1O. The maximum absolute atomic E-state index is 13.1. The molecule has 17 heteroatoms. The lowest BCUT2D eigenvalue weighted by Crippen LogP contribution is -2.54. The molecule has 1 fully saturated rings. The highest BCUT2D eigenvalue weighted by molar-refractivity contribution is 7.85. The highest BCUT2D eigenvalue weighted by atomic mass is 35.5. The Morgan fingerprint density at radius 1 is 1.26 bits per heavy atom. The van der Waals surface area contributed by atoms with Crippen molar-refractivity contribution in [3.63, 3.8) is 0 Å². The average molecular weight is 593 g/mol. The standard InChI is InChI=1S/C21H17Cl2F2N5O7S/c1-21(6-10(31)7-21)29(2)38(35,36)14-5-15(26-8-13(14)32)37-17-11(22)3-9(4-12(17)23)30-20(34)27-19(33)16(28-30)18(24)25/h3-5,8,10,18,31H,2,6-7H2,1H3,(H-,27,32,33,34)/p+1. The van der Waals surface area contributed by atoms with E-state index in [2.05, 4.69) is 16.8 Å². The Bertz CT molecular complexity index is 1660. The van der Waals surface area contributed by atoms with Gasteiger partial charge in [-0.15, -0.1) is 3.98 Å². The van der Waals surface area contributed by atoms with Crippen molar-refractivity contribution in [1.82, 2.24) is 19.7 Å². The Balaban J connectivity index is 1.69. The van der Waals surface area contributed by atoms with Gasteiger partial charge in [-0.25, -0.2) is 18.6 Å². The number of rotatable bonds is 7. The molecule has 4 rings (SSSR count). The van der Waals surface area contributed by atoms with Crippen LogP contribution < -0.4 is 16.0 Å². The zero-order valence-corrected chi connectivity index (χ0v) is 21.6. The van der Waals surface area contributed by atoms with Crippen LogP contribution in [0, 0.1) is 0 Å². The van der Waals surface area contributed by atoms with Crippen LogP contribution in [0.4, 0.5) is 8.78 Å². The molecule has 0 radical (unpaired) electrons. The van der Waals surface area contributed by atoms with Gasteiger partial charge >= 0.3 is 15.7 Å². The third-order valence-electron chi connectivity index (χ3n) is 5.84. The summed E-state index contributed by atoms with van der Waals surface area (Å²) in [7, 11) is -4.37. The second-order valence-electron chi connectivity index (χ2n) is 8.60. The number of aromatic amines is 1. The summed E-state index contributed by atoms with van der Waals surface area (Å²) in [6.45, 7) is 5.17. The number of ether oxygens (including phenoxy) is 1. The Kier molecular flexibility index (Phi) is 7.07. The van der Waals surface area contributed by atoms with Gasteiger partial charge in [0.25, 0.3) is 12.0 Å². The maximum Gasteiger partial charge on any atom is 0.398 e. The van der Waals surface area contributed by atoms with Gasteiger partial charge in [0.2, 0.25) is 5.88 Å². The van der Waals surface area contributed by atoms with E-state index in [1.165, 1.54) is 0 Å². The highest BCUT2D eigenvalue weighted by Crippen LogP contribution is 2.41. The molecular formula is C21H18Cl2F2N5O7S+. The molecule has 1 aliphatic carbocycles. The smallest absolute Gasteiger partial charge is 0.398 e. The first-order valence-electron chi connectivity index (χ1n) is 10.6. The van der Waals surface area contributed by atoms with Crippen LogP contribution >= 0.6 is 23.2 Å². The number of H-pyrrole nitrogens is 1. The van der Waals surface area contributed by atoms with E-state index in [0.29, 0.717) is 4.68 Å². The largest absolute Gasteiger partial charge is 0.505 e. The van der Waals surface area contributed by atoms with Crippen LogP contribution in [0.2, 0.25) is 10.0 Å². The number of alkyl halides is 2. The first kappa shape index (κ1) is 27.6. The number of aromatic hydroxyl groups is 1. The Morgan fingerprint density at radius 2 is 1.87 bits per heavy atom. The van der Waals surface area contributed by atoms with Crippen molar-refractivity contribution in [3.8, 4) is 23.1 Å². The summed E-state index contributed by atoms with van der Waals surface area (Å²) in [5.74, 6) is -1.31. The number of hydrogen-bond donors (Lipinski definition) is 3. The molecule has 1 aliphatic rings. The van der Waals surface area contributed by atoms with Crippen molar-refractivity contribution in [2.75, 3.05) is 0 Å². The van der Waals surface area contributed by atoms with E-state index < -0.39 is 55.7 Å². The third kappa shape index (κ3) is 4.89. The quantitative estimate of drug-likeness (QED) is 0.275. The number of hydrogen-bond acceptors (Lipinski definition) is 9. The van der Waals surface area contributed by atoms with Gasteiger partial charge in [0, 0.05) is 25.8 Å². The predicted octanol–water partition coefficient (Wildman–Crippen LogP) is 2.37. The summed E-state index contributed by atoms with van der Waals surface area (Å²) >= 11 is 12.4. The fourth-order valence-electron chi connectivity index (χ4n) is 3.84. The number of nitrogens with one attached hydrogen (secondary N) is 1. The molecule has 0 aliphatic heterocycles.